The van der Waals surface area contributed by atoms with Crippen LogP contribution in [0.1, 0.15) is 25.3 Å². The first-order valence-electron chi connectivity index (χ1n) is 8.23. The summed E-state index contributed by atoms with van der Waals surface area (Å²) >= 11 is 0. The van der Waals surface area contributed by atoms with Gasteiger partial charge in [0.05, 0.1) is 11.8 Å². The number of carbonyl (C=O) groups is 2. The van der Waals surface area contributed by atoms with E-state index in [4.69, 9.17) is 4.74 Å². The fourth-order valence-electron chi connectivity index (χ4n) is 2.78. The highest BCUT2D eigenvalue weighted by Gasteiger charge is 2.49. The highest BCUT2D eigenvalue weighted by atomic mass is 16.5. The van der Waals surface area contributed by atoms with Gasteiger partial charge in [-0.2, -0.15) is 0 Å². The van der Waals surface area contributed by atoms with E-state index in [0.29, 0.717) is 26.1 Å². The molecule has 1 aliphatic carbocycles. The van der Waals surface area contributed by atoms with Crippen molar-refractivity contribution in [1.29, 1.82) is 0 Å². The molecule has 0 bridgehead atoms. The zero-order valence-electron chi connectivity index (χ0n) is 14.2. The van der Waals surface area contributed by atoms with Crippen molar-refractivity contribution in [2.45, 2.75) is 26.7 Å². The van der Waals surface area contributed by atoms with Crippen molar-refractivity contribution >= 4 is 17.5 Å². The number of ether oxygens (including phenoxy) is 1. The molecular formula is C18H26N2O3. The van der Waals surface area contributed by atoms with Crippen LogP contribution in [0.25, 0.3) is 0 Å². The molecule has 1 aliphatic rings. The molecule has 0 aliphatic heterocycles. The molecule has 1 saturated carbocycles. The molecule has 1 fully saturated rings. The smallest absolute Gasteiger partial charge is 0.230 e. The van der Waals surface area contributed by atoms with Gasteiger partial charge in [0.25, 0.3) is 0 Å². The molecule has 0 spiro atoms. The molecule has 0 radical (unpaired) electrons. The first kappa shape index (κ1) is 17.5. The molecule has 2 rings (SSSR count). The SMILES string of the molecule is CCN(C(=O)C1CC1C(=O)NCCCOC)c1cccc(C)c1. The maximum atomic E-state index is 12.7. The minimum absolute atomic E-state index is 0.0141. The van der Waals surface area contributed by atoms with Crippen LogP contribution in [-0.2, 0) is 14.3 Å². The number of rotatable bonds is 8. The van der Waals surface area contributed by atoms with E-state index in [9.17, 15) is 9.59 Å². The van der Waals surface area contributed by atoms with Crippen LogP contribution in [0.3, 0.4) is 0 Å². The maximum absolute atomic E-state index is 12.7. The molecular weight excluding hydrogens is 292 g/mol. The summed E-state index contributed by atoms with van der Waals surface area (Å²) in [4.78, 5) is 26.5. The van der Waals surface area contributed by atoms with E-state index in [-0.39, 0.29) is 23.7 Å². The first-order valence-corrected chi connectivity index (χ1v) is 8.23. The Morgan fingerprint density at radius 1 is 1.35 bits per heavy atom. The minimum atomic E-state index is -0.183. The van der Waals surface area contributed by atoms with Gasteiger partial charge in [-0.3, -0.25) is 9.59 Å². The van der Waals surface area contributed by atoms with Crippen molar-refractivity contribution in [3.63, 3.8) is 0 Å². The van der Waals surface area contributed by atoms with Crippen LogP contribution in [0.4, 0.5) is 5.69 Å². The van der Waals surface area contributed by atoms with Crippen LogP contribution < -0.4 is 10.2 Å². The lowest BCUT2D eigenvalue weighted by molar-refractivity contribution is -0.126. The number of carbonyl (C=O) groups excluding carboxylic acids is 2. The van der Waals surface area contributed by atoms with Crippen molar-refractivity contribution in [3.05, 3.63) is 29.8 Å². The van der Waals surface area contributed by atoms with Gasteiger partial charge >= 0.3 is 0 Å². The molecule has 126 valence electrons. The molecule has 1 N–H and O–H groups in total. The Labute approximate surface area is 138 Å². The van der Waals surface area contributed by atoms with Crippen LogP contribution in [0, 0.1) is 18.8 Å². The van der Waals surface area contributed by atoms with Crippen LogP contribution in [0.5, 0.6) is 0 Å². The topological polar surface area (TPSA) is 58.6 Å². The predicted molar refractivity (Wildman–Crippen MR) is 90.3 cm³/mol. The molecule has 0 heterocycles. The third kappa shape index (κ3) is 4.55. The normalized spacial score (nSPS) is 19.3. The van der Waals surface area contributed by atoms with Crippen molar-refractivity contribution in [2.75, 3.05) is 31.7 Å². The summed E-state index contributed by atoms with van der Waals surface area (Å²) in [7, 11) is 1.64. The number of amides is 2. The zero-order valence-corrected chi connectivity index (χ0v) is 14.2. The minimum Gasteiger partial charge on any atom is -0.385 e. The van der Waals surface area contributed by atoms with E-state index >= 15 is 0 Å². The van der Waals surface area contributed by atoms with Gasteiger partial charge < -0.3 is 15.0 Å². The maximum Gasteiger partial charge on any atom is 0.230 e. The van der Waals surface area contributed by atoms with Gasteiger partial charge in [0, 0.05) is 32.5 Å². The number of nitrogens with zero attached hydrogens (tertiary/aromatic N) is 1. The fourth-order valence-corrected chi connectivity index (χ4v) is 2.78. The predicted octanol–water partition coefficient (Wildman–Crippen LogP) is 2.14. The van der Waals surface area contributed by atoms with E-state index in [1.165, 1.54) is 0 Å². The van der Waals surface area contributed by atoms with E-state index in [0.717, 1.165) is 17.7 Å². The summed E-state index contributed by atoms with van der Waals surface area (Å²) in [5.41, 5.74) is 2.03. The van der Waals surface area contributed by atoms with Crippen molar-refractivity contribution in [3.8, 4) is 0 Å². The Morgan fingerprint density at radius 3 is 2.78 bits per heavy atom. The van der Waals surface area contributed by atoms with Gasteiger partial charge in [-0.15, -0.1) is 0 Å². The number of aryl methyl sites for hydroxylation is 1. The van der Waals surface area contributed by atoms with Crippen LogP contribution in [0.2, 0.25) is 0 Å². The highest BCUT2D eigenvalue weighted by Crippen LogP contribution is 2.41. The largest absolute Gasteiger partial charge is 0.385 e. The molecule has 5 nitrogen and oxygen atoms in total. The number of anilines is 1. The summed E-state index contributed by atoms with van der Waals surface area (Å²) in [5.74, 6) is -0.323. The molecule has 2 unspecified atom stereocenters. The fraction of sp³-hybridized carbons (Fsp3) is 0.556. The lowest BCUT2D eigenvalue weighted by Crippen LogP contribution is -2.34. The third-order valence-electron chi connectivity index (χ3n) is 4.16. The lowest BCUT2D eigenvalue weighted by Gasteiger charge is -2.21. The number of benzene rings is 1. The van der Waals surface area contributed by atoms with Gasteiger partial charge in [-0.1, -0.05) is 12.1 Å². The third-order valence-corrected chi connectivity index (χ3v) is 4.16. The summed E-state index contributed by atoms with van der Waals surface area (Å²) in [6, 6.07) is 7.91. The molecule has 5 heteroatoms. The molecule has 0 aromatic heterocycles. The molecule has 0 saturated heterocycles. The molecule has 1 aromatic rings. The van der Waals surface area contributed by atoms with Crippen LogP contribution in [-0.4, -0.2) is 38.6 Å². The zero-order chi connectivity index (χ0) is 16.8. The standard InChI is InChI=1S/C18H26N2O3/c1-4-20(14-8-5-7-13(2)11-14)18(22)16-12-15(16)17(21)19-9-6-10-23-3/h5,7-8,11,15-16H,4,6,9-10,12H2,1-3H3,(H,19,21). The summed E-state index contributed by atoms with van der Waals surface area (Å²) < 4.78 is 4.95. The lowest BCUT2D eigenvalue weighted by atomic mass is 10.2. The van der Waals surface area contributed by atoms with Gasteiger partial charge in [0.1, 0.15) is 0 Å². The quantitative estimate of drug-likeness (QED) is 0.747. The average molecular weight is 318 g/mol. The molecule has 23 heavy (non-hydrogen) atoms. The summed E-state index contributed by atoms with van der Waals surface area (Å²) in [6.07, 6.45) is 1.44. The molecule has 2 atom stereocenters. The first-order chi connectivity index (χ1) is 11.1. The molecule has 1 aromatic carbocycles. The highest BCUT2D eigenvalue weighted by molar-refractivity contribution is 6.01. The van der Waals surface area contributed by atoms with Crippen LogP contribution in [0.15, 0.2) is 24.3 Å². The Morgan fingerprint density at radius 2 is 2.13 bits per heavy atom. The number of hydrogen-bond donors (Lipinski definition) is 1. The second-order valence-electron chi connectivity index (χ2n) is 6.01. The van der Waals surface area contributed by atoms with Crippen molar-refractivity contribution < 1.29 is 14.3 Å². The molecule has 2 amide bonds. The van der Waals surface area contributed by atoms with Gasteiger partial charge in [-0.05, 0) is 44.4 Å². The second-order valence-corrected chi connectivity index (χ2v) is 6.01. The summed E-state index contributed by atoms with van der Waals surface area (Å²) in [5, 5.41) is 2.88. The summed E-state index contributed by atoms with van der Waals surface area (Å²) in [6.45, 7) is 5.81. The van der Waals surface area contributed by atoms with E-state index in [1.54, 1.807) is 12.0 Å². The Hall–Kier alpha value is -1.88. The Balaban J connectivity index is 1.89. The second kappa shape index (κ2) is 8.11. The number of nitrogens with one attached hydrogen (secondary N) is 1. The number of methoxy groups -OCH3 is 1. The number of hydrogen-bond acceptors (Lipinski definition) is 3. The average Bonchev–Trinajstić information content (AvgIpc) is 3.33. The Bertz CT molecular complexity index is 559. The van der Waals surface area contributed by atoms with E-state index < -0.39 is 0 Å². The monoisotopic (exact) mass is 318 g/mol. The van der Waals surface area contributed by atoms with Gasteiger partial charge in [-0.25, -0.2) is 0 Å². The van der Waals surface area contributed by atoms with Gasteiger partial charge in [0.15, 0.2) is 0 Å². The van der Waals surface area contributed by atoms with E-state index in [2.05, 4.69) is 5.32 Å². The Kier molecular flexibility index (Phi) is 6.16. The van der Waals surface area contributed by atoms with Crippen LogP contribution >= 0.6 is 0 Å². The van der Waals surface area contributed by atoms with Gasteiger partial charge in [0.2, 0.25) is 11.8 Å². The van der Waals surface area contributed by atoms with E-state index in [1.807, 2.05) is 38.1 Å². The van der Waals surface area contributed by atoms with Crippen molar-refractivity contribution in [2.24, 2.45) is 11.8 Å². The van der Waals surface area contributed by atoms with Crippen molar-refractivity contribution in [1.82, 2.24) is 5.32 Å².